The molecule has 1 aromatic rings. The fraction of sp³-hybridized carbons (Fsp3) is 0.625. The minimum atomic E-state index is -0.456. The molecular formula is C16H20N2O5. The Morgan fingerprint density at radius 3 is 2.52 bits per heavy atom. The molecule has 1 saturated carbocycles. The third kappa shape index (κ3) is 3.13. The van der Waals surface area contributed by atoms with E-state index in [9.17, 15) is 14.4 Å². The number of imide groups is 1. The van der Waals surface area contributed by atoms with Crippen molar-refractivity contribution in [3.63, 3.8) is 0 Å². The first-order chi connectivity index (χ1) is 11.1. The van der Waals surface area contributed by atoms with Crippen LogP contribution in [0, 0.1) is 18.8 Å². The maximum atomic E-state index is 12.3. The van der Waals surface area contributed by atoms with Gasteiger partial charge in [0.05, 0.1) is 18.3 Å². The highest BCUT2D eigenvalue weighted by Gasteiger charge is 2.47. The van der Waals surface area contributed by atoms with E-state index in [2.05, 4.69) is 5.16 Å². The van der Waals surface area contributed by atoms with Crippen molar-refractivity contribution >= 4 is 17.8 Å². The molecule has 7 heteroatoms. The summed E-state index contributed by atoms with van der Waals surface area (Å²) in [5, 5.41) is 3.73. The van der Waals surface area contributed by atoms with Crippen LogP contribution in [0.5, 0.6) is 0 Å². The molecule has 3 rings (SSSR count). The maximum absolute atomic E-state index is 12.3. The van der Waals surface area contributed by atoms with Crippen molar-refractivity contribution in [2.75, 3.05) is 6.54 Å². The molecule has 7 nitrogen and oxygen atoms in total. The number of esters is 1. The van der Waals surface area contributed by atoms with Gasteiger partial charge in [-0.1, -0.05) is 18.0 Å². The van der Waals surface area contributed by atoms with E-state index in [1.54, 1.807) is 0 Å². The van der Waals surface area contributed by atoms with E-state index in [1.165, 1.54) is 11.2 Å². The van der Waals surface area contributed by atoms with Gasteiger partial charge in [-0.05, 0) is 19.8 Å². The van der Waals surface area contributed by atoms with Gasteiger partial charge < -0.3 is 9.26 Å². The van der Waals surface area contributed by atoms with Crippen LogP contribution in [-0.2, 0) is 25.7 Å². The minimum Gasteiger partial charge on any atom is -0.459 e. The van der Waals surface area contributed by atoms with Crippen LogP contribution in [0.3, 0.4) is 0 Å². The normalized spacial score (nSPS) is 24.0. The molecule has 0 spiro atoms. The fourth-order valence-electron chi connectivity index (χ4n) is 3.32. The summed E-state index contributed by atoms with van der Waals surface area (Å²) in [6.07, 6.45) is 5.03. The van der Waals surface area contributed by atoms with Crippen molar-refractivity contribution in [1.29, 1.82) is 0 Å². The van der Waals surface area contributed by atoms with E-state index < -0.39 is 5.97 Å². The Labute approximate surface area is 133 Å². The summed E-state index contributed by atoms with van der Waals surface area (Å²) < 4.78 is 9.87. The van der Waals surface area contributed by atoms with E-state index in [0.717, 1.165) is 31.2 Å². The summed E-state index contributed by atoms with van der Waals surface area (Å²) in [7, 11) is 0. The van der Waals surface area contributed by atoms with Gasteiger partial charge in [0.1, 0.15) is 18.6 Å². The SMILES string of the molecule is Cc1conc1COC(=O)CCN1C(=O)C2CCCCC2C1=O. The molecule has 1 aromatic heterocycles. The summed E-state index contributed by atoms with van der Waals surface area (Å²) in [5.41, 5.74) is 1.38. The van der Waals surface area contributed by atoms with Gasteiger partial charge in [-0.15, -0.1) is 0 Å². The molecule has 2 atom stereocenters. The Morgan fingerprint density at radius 1 is 1.30 bits per heavy atom. The number of ether oxygens (including phenoxy) is 1. The predicted molar refractivity (Wildman–Crippen MR) is 77.8 cm³/mol. The van der Waals surface area contributed by atoms with Gasteiger partial charge in [0.2, 0.25) is 11.8 Å². The van der Waals surface area contributed by atoms with Crippen LogP contribution < -0.4 is 0 Å². The lowest BCUT2D eigenvalue weighted by atomic mass is 9.81. The zero-order valence-corrected chi connectivity index (χ0v) is 13.1. The van der Waals surface area contributed by atoms with E-state index >= 15 is 0 Å². The second-order valence-corrected chi connectivity index (χ2v) is 6.18. The van der Waals surface area contributed by atoms with Crippen LogP contribution in [0.1, 0.15) is 43.4 Å². The summed E-state index contributed by atoms with van der Waals surface area (Å²) in [6.45, 7) is 1.94. The number of hydrogen-bond acceptors (Lipinski definition) is 6. The van der Waals surface area contributed by atoms with E-state index in [-0.39, 0.29) is 43.2 Å². The standard InChI is InChI=1S/C16H20N2O5/c1-10-8-23-17-13(10)9-22-14(19)6-7-18-15(20)11-4-2-3-5-12(11)16(18)21/h8,11-12H,2-7,9H2,1H3. The van der Waals surface area contributed by atoms with Crippen LogP contribution in [0.15, 0.2) is 10.8 Å². The lowest BCUT2D eigenvalue weighted by Gasteiger charge is -2.19. The van der Waals surface area contributed by atoms with Gasteiger partial charge in [0.25, 0.3) is 0 Å². The van der Waals surface area contributed by atoms with Crippen molar-refractivity contribution in [1.82, 2.24) is 10.1 Å². The molecule has 23 heavy (non-hydrogen) atoms. The molecule has 1 aliphatic carbocycles. The molecule has 0 bridgehead atoms. The van der Waals surface area contributed by atoms with Gasteiger partial charge in [-0.2, -0.15) is 0 Å². The molecule has 0 N–H and O–H groups in total. The summed E-state index contributed by atoms with van der Waals surface area (Å²) >= 11 is 0. The highest BCUT2D eigenvalue weighted by Crippen LogP contribution is 2.37. The molecule has 2 fully saturated rings. The summed E-state index contributed by atoms with van der Waals surface area (Å²) in [4.78, 5) is 37.6. The average Bonchev–Trinajstić information content (AvgIpc) is 3.07. The largest absolute Gasteiger partial charge is 0.459 e. The van der Waals surface area contributed by atoms with E-state index in [1.807, 2.05) is 6.92 Å². The van der Waals surface area contributed by atoms with E-state index in [0.29, 0.717) is 5.69 Å². The van der Waals surface area contributed by atoms with Crippen molar-refractivity contribution < 1.29 is 23.6 Å². The van der Waals surface area contributed by atoms with Crippen LogP contribution >= 0.6 is 0 Å². The predicted octanol–water partition coefficient (Wildman–Crippen LogP) is 1.59. The van der Waals surface area contributed by atoms with E-state index in [4.69, 9.17) is 9.26 Å². The number of hydrogen-bond donors (Lipinski definition) is 0. The van der Waals surface area contributed by atoms with Crippen molar-refractivity contribution in [3.05, 3.63) is 17.5 Å². The number of fused-ring (bicyclic) bond motifs is 1. The number of amides is 2. The Morgan fingerprint density at radius 2 is 1.96 bits per heavy atom. The Kier molecular flexibility index (Phi) is 4.45. The second-order valence-electron chi connectivity index (χ2n) is 6.18. The van der Waals surface area contributed by atoms with Crippen LogP contribution in [0.4, 0.5) is 0 Å². The topological polar surface area (TPSA) is 89.7 Å². The molecule has 0 radical (unpaired) electrons. The molecule has 2 amide bonds. The van der Waals surface area contributed by atoms with Crippen LogP contribution in [-0.4, -0.2) is 34.4 Å². The molecule has 1 saturated heterocycles. The number of nitrogens with zero attached hydrogens (tertiary/aromatic N) is 2. The molecule has 0 aromatic carbocycles. The number of likely N-dealkylation sites (tertiary alicyclic amines) is 1. The first kappa shape index (κ1) is 15.7. The number of rotatable bonds is 5. The summed E-state index contributed by atoms with van der Waals surface area (Å²) in [6, 6.07) is 0. The number of carbonyl (C=O) groups is 3. The molecule has 1 aliphatic heterocycles. The zero-order valence-electron chi connectivity index (χ0n) is 13.1. The maximum Gasteiger partial charge on any atom is 0.307 e. The quantitative estimate of drug-likeness (QED) is 0.604. The number of aromatic nitrogens is 1. The average molecular weight is 320 g/mol. The molecule has 124 valence electrons. The first-order valence-corrected chi connectivity index (χ1v) is 7.98. The number of carbonyl (C=O) groups excluding carboxylic acids is 3. The van der Waals surface area contributed by atoms with Crippen molar-refractivity contribution in [2.24, 2.45) is 11.8 Å². The first-order valence-electron chi connectivity index (χ1n) is 7.98. The summed E-state index contributed by atoms with van der Waals surface area (Å²) in [5.74, 6) is -1.06. The van der Waals surface area contributed by atoms with Gasteiger partial charge in [-0.25, -0.2) is 0 Å². The van der Waals surface area contributed by atoms with Gasteiger partial charge >= 0.3 is 5.97 Å². The minimum absolute atomic E-state index is 0.00776. The molecular weight excluding hydrogens is 300 g/mol. The zero-order chi connectivity index (χ0) is 16.4. The molecule has 2 unspecified atom stereocenters. The van der Waals surface area contributed by atoms with Gasteiger partial charge in [0, 0.05) is 12.1 Å². The van der Waals surface area contributed by atoms with Crippen molar-refractivity contribution in [3.8, 4) is 0 Å². The highest BCUT2D eigenvalue weighted by molar-refractivity contribution is 6.05. The molecule has 2 aliphatic rings. The van der Waals surface area contributed by atoms with Gasteiger partial charge in [-0.3, -0.25) is 19.3 Å². The monoisotopic (exact) mass is 320 g/mol. The Bertz CT molecular complexity index is 600. The van der Waals surface area contributed by atoms with Crippen LogP contribution in [0.2, 0.25) is 0 Å². The smallest absolute Gasteiger partial charge is 0.307 e. The second kappa shape index (κ2) is 6.52. The lowest BCUT2D eigenvalue weighted by Crippen LogP contribution is -2.33. The molecule has 2 heterocycles. The number of aryl methyl sites for hydroxylation is 1. The van der Waals surface area contributed by atoms with Gasteiger partial charge in [0.15, 0.2) is 0 Å². The lowest BCUT2D eigenvalue weighted by molar-refractivity contribution is -0.146. The third-order valence-corrected chi connectivity index (χ3v) is 4.69. The van der Waals surface area contributed by atoms with Crippen LogP contribution in [0.25, 0.3) is 0 Å². The Hall–Kier alpha value is -2.18. The third-order valence-electron chi connectivity index (χ3n) is 4.69. The Balaban J connectivity index is 1.50. The highest BCUT2D eigenvalue weighted by atomic mass is 16.5. The van der Waals surface area contributed by atoms with Crippen molar-refractivity contribution in [2.45, 2.75) is 45.6 Å². The fourth-order valence-corrected chi connectivity index (χ4v) is 3.32.